The molecule has 136 valence electrons. The average molecular weight is 369 g/mol. The zero-order valence-electron chi connectivity index (χ0n) is 15.1. The van der Waals surface area contributed by atoms with Gasteiger partial charge in [-0.3, -0.25) is 0 Å². The summed E-state index contributed by atoms with van der Waals surface area (Å²) >= 11 is 0. The van der Waals surface area contributed by atoms with Crippen molar-refractivity contribution in [2.45, 2.75) is 44.4 Å². The van der Waals surface area contributed by atoms with E-state index in [1.165, 1.54) is 31.0 Å². The summed E-state index contributed by atoms with van der Waals surface area (Å²) in [5.74, 6) is 0. The molecule has 0 bridgehead atoms. The fraction of sp³-hybridized carbons (Fsp3) is 0.300. The molecule has 0 saturated heterocycles. The van der Waals surface area contributed by atoms with E-state index in [1.807, 2.05) is 19.1 Å². The van der Waals surface area contributed by atoms with Gasteiger partial charge in [0.1, 0.15) is 5.69 Å². The van der Waals surface area contributed by atoms with Gasteiger partial charge in [0, 0.05) is 5.56 Å². The van der Waals surface area contributed by atoms with E-state index in [0.29, 0.717) is 5.69 Å². The summed E-state index contributed by atoms with van der Waals surface area (Å²) in [7, 11) is -3.72. The molecule has 26 heavy (non-hydrogen) atoms. The van der Waals surface area contributed by atoms with Crippen molar-refractivity contribution in [3.63, 3.8) is 0 Å². The van der Waals surface area contributed by atoms with Gasteiger partial charge < -0.3 is 0 Å². The molecule has 3 rings (SSSR count). The van der Waals surface area contributed by atoms with Crippen LogP contribution in [0.3, 0.4) is 0 Å². The second-order valence-corrected chi connectivity index (χ2v) is 8.24. The van der Waals surface area contributed by atoms with Gasteiger partial charge in [0.2, 0.25) is 0 Å². The Kier molecular flexibility index (Phi) is 5.52. The number of rotatable bonds is 7. The fourth-order valence-corrected chi connectivity index (χ4v) is 3.81. The summed E-state index contributed by atoms with van der Waals surface area (Å²) in [6.45, 7) is 4.10. The Bertz CT molecular complexity index is 959. The van der Waals surface area contributed by atoms with Crippen LogP contribution in [0.4, 0.5) is 0 Å². The first-order valence-corrected chi connectivity index (χ1v) is 10.3. The number of aryl methyl sites for hydroxylation is 2. The summed E-state index contributed by atoms with van der Waals surface area (Å²) in [5.41, 5.74) is 3.68. The standard InChI is InChI=1S/C20H23N3O2S/c1-3-4-5-6-17-9-11-18(12-10-17)20-15-23(22-21-20)26(24,25)19-13-7-16(2)8-14-19/h7-15H,3-6H2,1-2H3. The van der Waals surface area contributed by atoms with Crippen molar-refractivity contribution >= 4 is 10.0 Å². The Morgan fingerprint density at radius 2 is 1.65 bits per heavy atom. The number of aromatic nitrogens is 3. The Labute approximate surface area is 154 Å². The average Bonchev–Trinajstić information content (AvgIpc) is 3.14. The van der Waals surface area contributed by atoms with E-state index in [9.17, 15) is 8.42 Å². The molecule has 6 heteroatoms. The molecule has 0 aliphatic carbocycles. The highest BCUT2D eigenvalue weighted by Crippen LogP contribution is 2.20. The van der Waals surface area contributed by atoms with Crippen LogP contribution in [0, 0.1) is 6.92 Å². The van der Waals surface area contributed by atoms with E-state index in [1.54, 1.807) is 24.3 Å². The van der Waals surface area contributed by atoms with E-state index in [-0.39, 0.29) is 4.90 Å². The van der Waals surface area contributed by atoms with Crippen molar-refractivity contribution in [2.75, 3.05) is 0 Å². The van der Waals surface area contributed by atoms with Crippen LogP contribution in [-0.4, -0.2) is 22.8 Å². The topological polar surface area (TPSA) is 64.8 Å². The number of nitrogens with zero attached hydrogens (tertiary/aromatic N) is 3. The predicted molar refractivity (Wildman–Crippen MR) is 102 cm³/mol. The SMILES string of the molecule is CCCCCc1ccc(-c2cn(S(=O)(=O)c3ccc(C)cc3)nn2)cc1. The molecule has 0 N–H and O–H groups in total. The van der Waals surface area contributed by atoms with Crippen LogP contribution in [0.15, 0.2) is 59.6 Å². The second kappa shape index (κ2) is 7.83. The van der Waals surface area contributed by atoms with Crippen LogP contribution in [0.25, 0.3) is 11.3 Å². The third-order valence-electron chi connectivity index (χ3n) is 4.36. The highest BCUT2D eigenvalue weighted by atomic mass is 32.2. The van der Waals surface area contributed by atoms with Crippen molar-refractivity contribution < 1.29 is 8.42 Å². The Hall–Kier alpha value is -2.47. The molecule has 0 aliphatic heterocycles. The minimum absolute atomic E-state index is 0.200. The largest absolute Gasteiger partial charge is 0.284 e. The Morgan fingerprint density at radius 1 is 0.962 bits per heavy atom. The molecule has 0 radical (unpaired) electrons. The van der Waals surface area contributed by atoms with Gasteiger partial charge >= 0.3 is 0 Å². The molecule has 0 unspecified atom stereocenters. The molecular formula is C20H23N3O2S. The molecule has 2 aromatic carbocycles. The Balaban J connectivity index is 1.80. The minimum Gasteiger partial charge on any atom is -0.199 e. The van der Waals surface area contributed by atoms with Gasteiger partial charge in [-0.25, -0.2) is 0 Å². The van der Waals surface area contributed by atoms with Gasteiger partial charge in [0.15, 0.2) is 0 Å². The molecule has 0 aliphatic rings. The summed E-state index contributed by atoms with van der Waals surface area (Å²) in [6, 6.07) is 14.8. The summed E-state index contributed by atoms with van der Waals surface area (Å²) in [4.78, 5) is 0.200. The third kappa shape index (κ3) is 4.02. The maximum atomic E-state index is 12.7. The molecule has 0 spiro atoms. The lowest BCUT2D eigenvalue weighted by atomic mass is 10.0. The van der Waals surface area contributed by atoms with Crippen molar-refractivity contribution in [1.29, 1.82) is 0 Å². The van der Waals surface area contributed by atoms with E-state index in [4.69, 9.17) is 0 Å². The van der Waals surface area contributed by atoms with Crippen LogP contribution in [0.2, 0.25) is 0 Å². The van der Waals surface area contributed by atoms with Crippen LogP contribution in [0.5, 0.6) is 0 Å². The maximum Gasteiger partial charge on any atom is 0.284 e. The fourth-order valence-electron chi connectivity index (χ4n) is 2.74. The first-order chi connectivity index (χ1) is 12.5. The zero-order valence-corrected chi connectivity index (χ0v) is 15.9. The predicted octanol–water partition coefficient (Wildman–Crippen LogP) is 4.22. The number of benzene rings is 2. The quantitative estimate of drug-likeness (QED) is 0.585. The van der Waals surface area contributed by atoms with E-state index >= 15 is 0 Å². The van der Waals surface area contributed by atoms with Gasteiger partial charge in [-0.1, -0.05) is 66.9 Å². The molecule has 0 atom stereocenters. The van der Waals surface area contributed by atoms with Gasteiger partial charge in [-0.05, 0) is 37.5 Å². The number of hydrogen-bond donors (Lipinski definition) is 0. The molecule has 0 saturated carbocycles. The summed E-state index contributed by atoms with van der Waals surface area (Å²) in [5, 5.41) is 7.86. The van der Waals surface area contributed by atoms with Crippen LogP contribution in [0.1, 0.15) is 37.3 Å². The monoisotopic (exact) mass is 369 g/mol. The van der Waals surface area contributed by atoms with Crippen molar-refractivity contribution in [3.05, 3.63) is 65.9 Å². The van der Waals surface area contributed by atoms with Crippen LogP contribution < -0.4 is 0 Å². The second-order valence-electron chi connectivity index (χ2n) is 6.45. The molecule has 5 nitrogen and oxygen atoms in total. The first-order valence-electron chi connectivity index (χ1n) is 8.84. The summed E-state index contributed by atoms with van der Waals surface area (Å²) < 4.78 is 26.2. The molecule has 0 amide bonds. The van der Waals surface area contributed by atoms with Crippen LogP contribution >= 0.6 is 0 Å². The number of hydrogen-bond acceptors (Lipinski definition) is 4. The summed E-state index contributed by atoms with van der Waals surface area (Å²) in [6.07, 6.45) is 6.13. The number of unbranched alkanes of at least 4 members (excludes halogenated alkanes) is 2. The highest BCUT2D eigenvalue weighted by Gasteiger charge is 2.19. The lowest BCUT2D eigenvalue weighted by Crippen LogP contribution is -2.13. The smallest absolute Gasteiger partial charge is 0.199 e. The van der Waals surface area contributed by atoms with Crippen molar-refractivity contribution in [3.8, 4) is 11.3 Å². The van der Waals surface area contributed by atoms with Crippen molar-refractivity contribution in [2.24, 2.45) is 0 Å². The van der Waals surface area contributed by atoms with Gasteiger partial charge in [0.05, 0.1) is 11.1 Å². The lowest BCUT2D eigenvalue weighted by molar-refractivity contribution is 0.577. The normalized spacial score (nSPS) is 11.6. The molecule has 3 aromatic rings. The highest BCUT2D eigenvalue weighted by molar-refractivity contribution is 7.89. The molecule has 1 heterocycles. The first kappa shape index (κ1) is 18.3. The van der Waals surface area contributed by atoms with Gasteiger partial charge in [-0.2, -0.15) is 8.42 Å². The molecule has 1 aromatic heterocycles. The van der Waals surface area contributed by atoms with E-state index in [2.05, 4.69) is 29.4 Å². The van der Waals surface area contributed by atoms with E-state index in [0.717, 1.165) is 21.6 Å². The zero-order chi connectivity index (χ0) is 18.6. The van der Waals surface area contributed by atoms with Gasteiger partial charge in [0.25, 0.3) is 10.0 Å². The third-order valence-corrected chi connectivity index (χ3v) is 5.90. The molecular weight excluding hydrogens is 346 g/mol. The Morgan fingerprint density at radius 3 is 2.31 bits per heavy atom. The van der Waals surface area contributed by atoms with Crippen molar-refractivity contribution in [1.82, 2.24) is 14.4 Å². The van der Waals surface area contributed by atoms with E-state index < -0.39 is 10.0 Å². The van der Waals surface area contributed by atoms with Gasteiger partial charge in [-0.15, -0.1) is 9.19 Å². The maximum absolute atomic E-state index is 12.7. The van der Waals surface area contributed by atoms with Crippen LogP contribution in [-0.2, 0) is 16.4 Å². The molecule has 0 fully saturated rings. The lowest BCUT2D eigenvalue weighted by Gasteiger charge is -2.03. The minimum atomic E-state index is -3.72.